The summed E-state index contributed by atoms with van der Waals surface area (Å²) in [5.74, 6) is 0.417. The van der Waals surface area contributed by atoms with E-state index in [4.69, 9.17) is 16.1 Å². The van der Waals surface area contributed by atoms with Crippen molar-refractivity contribution in [2.24, 2.45) is 0 Å². The highest BCUT2D eigenvalue weighted by molar-refractivity contribution is 7.17. The standard InChI is InChI=1S/C26H24ClN3O2S/c27-25-11-10-24(33-25)26(31)28-16-22-15-23(29-32-22)20-8-6-19(7-9-20)21-5-3-4-18(14-21)17-30-12-1-2-13-30/h3-11,14-15H,1-2,12-13,16-17H2,(H,28,31). The summed E-state index contributed by atoms with van der Waals surface area (Å²) >= 11 is 7.14. The molecule has 4 aromatic rings. The SMILES string of the molecule is O=C(NCc1cc(-c2ccc(-c3cccc(CN4CCCC4)c3)cc2)no1)c1ccc(Cl)s1. The van der Waals surface area contributed by atoms with Crippen LogP contribution in [0.2, 0.25) is 4.34 Å². The maximum absolute atomic E-state index is 12.2. The third-order valence-corrected chi connectivity index (χ3v) is 7.05. The fourth-order valence-corrected chi connectivity index (χ4v) is 5.06. The molecule has 1 N–H and O–H groups in total. The molecule has 0 radical (unpaired) electrons. The van der Waals surface area contributed by atoms with Crippen LogP contribution < -0.4 is 5.32 Å². The number of nitrogens with one attached hydrogen (secondary N) is 1. The molecule has 1 saturated heterocycles. The van der Waals surface area contributed by atoms with Gasteiger partial charge in [0, 0.05) is 18.2 Å². The predicted octanol–water partition coefficient (Wildman–Crippen LogP) is 6.25. The number of hydrogen-bond acceptors (Lipinski definition) is 5. The summed E-state index contributed by atoms with van der Waals surface area (Å²) in [6.07, 6.45) is 2.61. The quantitative estimate of drug-likeness (QED) is 0.342. The second-order valence-corrected chi connectivity index (χ2v) is 9.94. The number of amides is 1. The number of carbonyl (C=O) groups is 1. The van der Waals surface area contributed by atoms with Gasteiger partial charge in [-0.3, -0.25) is 9.69 Å². The molecule has 0 saturated carbocycles. The molecule has 0 spiro atoms. The molecule has 33 heavy (non-hydrogen) atoms. The second kappa shape index (κ2) is 9.91. The Balaban J connectivity index is 1.23. The minimum atomic E-state index is -0.179. The summed E-state index contributed by atoms with van der Waals surface area (Å²) in [6.45, 7) is 3.68. The summed E-state index contributed by atoms with van der Waals surface area (Å²) in [5, 5.41) is 7.00. The normalized spacial score (nSPS) is 14.0. The topological polar surface area (TPSA) is 58.4 Å². The van der Waals surface area contributed by atoms with Gasteiger partial charge in [0.25, 0.3) is 5.91 Å². The van der Waals surface area contributed by atoms with Crippen molar-refractivity contribution < 1.29 is 9.32 Å². The van der Waals surface area contributed by atoms with Gasteiger partial charge in [0.2, 0.25) is 0 Å². The first-order chi connectivity index (χ1) is 16.1. The highest BCUT2D eigenvalue weighted by Crippen LogP contribution is 2.26. The largest absolute Gasteiger partial charge is 0.359 e. The lowest BCUT2D eigenvalue weighted by Gasteiger charge is -2.15. The smallest absolute Gasteiger partial charge is 0.261 e. The highest BCUT2D eigenvalue weighted by atomic mass is 35.5. The summed E-state index contributed by atoms with van der Waals surface area (Å²) in [6, 6.07) is 22.4. The zero-order valence-electron chi connectivity index (χ0n) is 18.1. The third-order valence-electron chi connectivity index (χ3n) is 5.82. The first kappa shape index (κ1) is 21.9. The molecule has 5 rings (SSSR count). The van der Waals surface area contributed by atoms with Crippen molar-refractivity contribution in [2.75, 3.05) is 13.1 Å². The Morgan fingerprint density at radius 1 is 1.00 bits per heavy atom. The number of aromatic nitrogens is 1. The van der Waals surface area contributed by atoms with E-state index < -0.39 is 0 Å². The van der Waals surface area contributed by atoms with Gasteiger partial charge in [-0.15, -0.1) is 11.3 Å². The van der Waals surface area contributed by atoms with Gasteiger partial charge in [-0.05, 0) is 60.8 Å². The Hall–Kier alpha value is -2.93. The van der Waals surface area contributed by atoms with Crippen molar-refractivity contribution in [3.8, 4) is 22.4 Å². The Kier molecular flexibility index (Phi) is 6.58. The van der Waals surface area contributed by atoms with Crippen molar-refractivity contribution in [1.82, 2.24) is 15.4 Å². The van der Waals surface area contributed by atoms with Crippen LogP contribution in [0.15, 0.2) is 71.3 Å². The molecule has 2 aromatic carbocycles. The van der Waals surface area contributed by atoms with Gasteiger partial charge in [-0.1, -0.05) is 59.2 Å². The molecule has 1 fully saturated rings. The van der Waals surface area contributed by atoms with Gasteiger partial charge in [0.1, 0.15) is 5.69 Å². The Bertz CT molecular complexity index is 1240. The molecule has 2 aromatic heterocycles. The molecular weight excluding hydrogens is 454 g/mol. The van der Waals surface area contributed by atoms with Crippen LogP contribution in [0.25, 0.3) is 22.4 Å². The lowest BCUT2D eigenvalue weighted by molar-refractivity contribution is 0.0951. The van der Waals surface area contributed by atoms with Crippen molar-refractivity contribution in [1.29, 1.82) is 0 Å². The van der Waals surface area contributed by atoms with Crippen LogP contribution >= 0.6 is 22.9 Å². The molecule has 168 valence electrons. The fourth-order valence-electron chi connectivity index (χ4n) is 4.10. The monoisotopic (exact) mass is 477 g/mol. The number of thiophene rings is 1. The van der Waals surface area contributed by atoms with Gasteiger partial charge in [0.05, 0.1) is 15.8 Å². The lowest BCUT2D eigenvalue weighted by Crippen LogP contribution is -2.21. The molecule has 0 atom stereocenters. The zero-order valence-corrected chi connectivity index (χ0v) is 19.7. The lowest BCUT2D eigenvalue weighted by atomic mass is 10.0. The van der Waals surface area contributed by atoms with Crippen LogP contribution in [0.1, 0.15) is 33.8 Å². The molecule has 3 heterocycles. The fraction of sp³-hybridized carbons (Fsp3) is 0.231. The van der Waals surface area contributed by atoms with Crippen LogP contribution in [0.4, 0.5) is 0 Å². The minimum absolute atomic E-state index is 0.179. The molecule has 7 heteroatoms. The van der Waals surface area contributed by atoms with Crippen molar-refractivity contribution in [3.63, 3.8) is 0 Å². The average Bonchev–Trinajstić information content (AvgIpc) is 3.60. The van der Waals surface area contributed by atoms with Gasteiger partial charge in [-0.25, -0.2) is 0 Å². The molecule has 1 aliphatic rings. The number of rotatable bonds is 7. The van der Waals surface area contributed by atoms with E-state index in [-0.39, 0.29) is 12.5 Å². The first-order valence-corrected chi connectivity index (χ1v) is 12.2. The number of likely N-dealkylation sites (tertiary alicyclic amines) is 1. The van der Waals surface area contributed by atoms with E-state index in [1.807, 2.05) is 6.07 Å². The van der Waals surface area contributed by atoms with E-state index in [0.29, 0.717) is 15.0 Å². The number of benzene rings is 2. The van der Waals surface area contributed by atoms with Crippen LogP contribution in [0, 0.1) is 0 Å². The Labute approximate surface area is 202 Å². The van der Waals surface area contributed by atoms with Crippen LogP contribution in [-0.2, 0) is 13.1 Å². The van der Waals surface area contributed by atoms with E-state index in [1.54, 1.807) is 12.1 Å². The first-order valence-electron chi connectivity index (χ1n) is 11.1. The number of nitrogens with zero attached hydrogens (tertiary/aromatic N) is 2. The highest BCUT2D eigenvalue weighted by Gasteiger charge is 2.13. The summed E-state index contributed by atoms with van der Waals surface area (Å²) in [7, 11) is 0. The van der Waals surface area contributed by atoms with Crippen LogP contribution in [0.5, 0.6) is 0 Å². The summed E-state index contributed by atoms with van der Waals surface area (Å²) < 4.78 is 6.00. The van der Waals surface area contributed by atoms with E-state index in [0.717, 1.165) is 17.8 Å². The molecule has 1 amide bonds. The van der Waals surface area contributed by atoms with Crippen molar-refractivity contribution in [2.45, 2.75) is 25.9 Å². The third kappa shape index (κ3) is 5.36. The van der Waals surface area contributed by atoms with E-state index in [2.05, 4.69) is 63.9 Å². The maximum atomic E-state index is 12.2. The number of carbonyl (C=O) groups excluding carboxylic acids is 1. The second-order valence-electron chi connectivity index (χ2n) is 8.23. The molecule has 5 nitrogen and oxygen atoms in total. The maximum Gasteiger partial charge on any atom is 0.261 e. The average molecular weight is 478 g/mol. The van der Waals surface area contributed by atoms with Crippen LogP contribution in [0.3, 0.4) is 0 Å². The summed E-state index contributed by atoms with van der Waals surface area (Å²) in [5.41, 5.74) is 5.46. The summed E-state index contributed by atoms with van der Waals surface area (Å²) in [4.78, 5) is 15.3. The minimum Gasteiger partial charge on any atom is -0.359 e. The van der Waals surface area contributed by atoms with E-state index >= 15 is 0 Å². The molecule has 0 unspecified atom stereocenters. The molecular formula is C26H24ClN3O2S. The van der Waals surface area contributed by atoms with Crippen LogP contribution in [-0.4, -0.2) is 29.1 Å². The van der Waals surface area contributed by atoms with Crippen molar-refractivity contribution in [3.05, 3.63) is 87.3 Å². The Morgan fingerprint density at radius 3 is 2.55 bits per heavy atom. The predicted molar refractivity (Wildman–Crippen MR) is 132 cm³/mol. The molecule has 0 bridgehead atoms. The molecule has 1 aliphatic heterocycles. The molecule has 0 aliphatic carbocycles. The van der Waals surface area contributed by atoms with Gasteiger partial charge in [0.15, 0.2) is 5.76 Å². The van der Waals surface area contributed by atoms with E-state index in [1.165, 1.54) is 54.0 Å². The number of halogens is 1. The Morgan fingerprint density at radius 2 is 1.79 bits per heavy atom. The van der Waals surface area contributed by atoms with Gasteiger partial charge < -0.3 is 9.84 Å². The zero-order chi connectivity index (χ0) is 22.6. The van der Waals surface area contributed by atoms with Gasteiger partial charge in [-0.2, -0.15) is 0 Å². The van der Waals surface area contributed by atoms with Gasteiger partial charge >= 0.3 is 0 Å². The van der Waals surface area contributed by atoms with Crippen molar-refractivity contribution >= 4 is 28.8 Å². The van der Waals surface area contributed by atoms with E-state index in [9.17, 15) is 4.79 Å². The number of hydrogen-bond donors (Lipinski definition) is 1.